The molecule has 0 aromatic heterocycles. The Balaban J connectivity index is 1.94. The molecule has 276 valence electrons. The van der Waals surface area contributed by atoms with Crippen molar-refractivity contribution in [2.75, 3.05) is 32.9 Å². The zero-order chi connectivity index (χ0) is 37.0. The van der Waals surface area contributed by atoms with Gasteiger partial charge >= 0.3 is 25.9 Å². The van der Waals surface area contributed by atoms with Crippen LogP contribution in [0, 0.1) is 23.7 Å². The quantitative estimate of drug-likeness (QED) is 0.123. The second-order valence-corrected chi connectivity index (χ2v) is 15.0. The molecule has 0 aliphatic carbocycles. The van der Waals surface area contributed by atoms with Gasteiger partial charge in [-0.1, -0.05) is 62.6 Å². The molecule has 3 N–H and O–H groups in total. The van der Waals surface area contributed by atoms with Crippen molar-refractivity contribution in [1.29, 1.82) is 0 Å². The molecular formula is C35H54N5O9P+2. The van der Waals surface area contributed by atoms with Gasteiger partial charge in [-0.15, -0.1) is 4.52 Å². The Morgan fingerprint density at radius 3 is 2.24 bits per heavy atom. The molecule has 2 fully saturated rings. The summed E-state index contributed by atoms with van der Waals surface area (Å²) in [5.74, 6) is -4.79. The summed E-state index contributed by atoms with van der Waals surface area (Å²) in [5, 5.41) is 5.40. The summed E-state index contributed by atoms with van der Waals surface area (Å²) in [4.78, 5) is 82.9. The highest BCUT2D eigenvalue weighted by Gasteiger charge is 2.55. The van der Waals surface area contributed by atoms with Crippen LogP contribution in [0.3, 0.4) is 0 Å². The minimum Gasteiger partial charge on any atom is -0.445 e. The number of rotatable bonds is 17. The normalized spacial score (nSPS) is 19.5. The highest BCUT2D eigenvalue weighted by atomic mass is 31.1. The summed E-state index contributed by atoms with van der Waals surface area (Å²) in [7, 11) is -0.851. The standard InChI is InChI=1S/C35H52N5O9P/c1-7-49-50(47)22-27(32(43)37-28(19-23(2)3)33(44)36-6)26(24(4)5)20-40(30(41)16-11-17-31(40)42)38-34(45)29-15-12-18-39(29)35(46)48-21-25-13-9-8-10-14-25/h8-10,13-14,23-24,26-29H,7,11-12,15-22H2,1-6H3,(H-2,36,37,38,43,44,45)/p+2/t26?,27-,28+,29+/m1/s1. The number of hydrogen-bond donors (Lipinski definition) is 3. The van der Waals surface area contributed by atoms with Crippen molar-refractivity contribution < 1.29 is 47.2 Å². The third-order valence-corrected chi connectivity index (χ3v) is 10.6. The van der Waals surface area contributed by atoms with Gasteiger partial charge in [0, 0.05) is 19.5 Å². The molecule has 0 saturated carbocycles. The third kappa shape index (κ3) is 10.6. The van der Waals surface area contributed by atoms with Crippen LogP contribution in [-0.2, 0) is 44.4 Å². The van der Waals surface area contributed by atoms with Gasteiger partial charge in [0.05, 0.1) is 25.4 Å². The van der Waals surface area contributed by atoms with Crippen molar-refractivity contribution in [2.45, 2.75) is 91.8 Å². The highest BCUT2D eigenvalue weighted by molar-refractivity contribution is 7.39. The molecule has 5 atom stereocenters. The molecule has 6 amide bonds. The van der Waals surface area contributed by atoms with E-state index in [-0.39, 0.29) is 63.0 Å². The second-order valence-electron chi connectivity index (χ2n) is 13.8. The molecule has 2 aliphatic rings. The third-order valence-electron chi connectivity index (χ3n) is 9.33. The number of nitrogens with one attached hydrogen (secondary N) is 3. The number of ether oxygens (including phenoxy) is 1. The van der Waals surface area contributed by atoms with E-state index in [1.54, 1.807) is 6.92 Å². The van der Waals surface area contributed by atoms with Gasteiger partial charge in [-0.25, -0.2) is 14.4 Å². The number of carbonyl (C=O) groups is 6. The van der Waals surface area contributed by atoms with E-state index in [2.05, 4.69) is 16.1 Å². The lowest BCUT2D eigenvalue weighted by molar-refractivity contribution is -0.823. The first kappa shape index (κ1) is 40.7. The van der Waals surface area contributed by atoms with Crippen LogP contribution in [0.2, 0.25) is 0 Å². The molecule has 2 unspecified atom stereocenters. The maximum atomic E-state index is 14.1. The molecule has 2 saturated heterocycles. The summed E-state index contributed by atoms with van der Waals surface area (Å²) >= 11 is 0. The van der Waals surface area contributed by atoms with Crippen molar-refractivity contribution in [1.82, 2.24) is 21.0 Å². The van der Waals surface area contributed by atoms with Gasteiger partial charge in [0.2, 0.25) is 11.8 Å². The Kier molecular flexibility index (Phi) is 15.5. The van der Waals surface area contributed by atoms with Crippen molar-refractivity contribution in [3.63, 3.8) is 0 Å². The van der Waals surface area contributed by atoms with Crippen LogP contribution in [0.1, 0.15) is 78.7 Å². The van der Waals surface area contributed by atoms with E-state index in [0.717, 1.165) is 5.56 Å². The van der Waals surface area contributed by atoms with Gasteiger partial charge in [-0.3, -0.25) is 19.3 Å². The van der Waals surface area contributed by atoms with E-state index in [0.29, 0.717) is 25.7 Å². The molecule has 1 aromatic carbocycles. The summed E-state index contributed by atoms with van der Waals surface area (Å²) in [6.07, 6.45) is 0.607. The highest BCUT2D eigenvalue weighted by Crippen LogP contribution is 2.36. The van der Waals surface area contributed by atoms with Crippen LogP contribution in [0.5, 0.6) is 0 Å². The Bertz CT molecular complexity index is 1370. The van der Waals surface area contributed by atoms with Gasteiger partial charge in [0.25, 0.3) is 5.91 Å². The fourth-order valence-electron chi connectivity index (χ4n) is 6.65. The lowest BCUT2D eigenvalue weighted by Crippen LogP contribution is -2.72. The maximum Gasteiger partial charge on any atom is 0.508 e. The van der Waals surface area contributed by atoms with E-state index in [1.807, 2.05) is 58.0 Å². The Morgan fingerprint density at radius 2 is 1.66 bits per heavy atom. The molecular weight excluding hydrogens is 665 g/mol. The Morgan fingerprint density at radius 1 is 1.00 bits per heavy atom. The number of amides is 6. The average Bonchev–Trinajstić information content (AvgIpc) is 3.57. The summed E-state index contributed by atoms with van der Waals surface area (Å²) in [5.41, 5.74) is 3.52. The van der Waals surface area contributed by atoms with Crippen molar-refractivity contribution in [3.8, 4) is 0 Å². The smallest absolute Gasteiger partial charge is 0.445 e. The van der Waals surface area contributed by atoms with Crippen molar-refractivity contribution in [3.05, 3.63) is 35.9 Å². The SMILES string of the molecule is CCO[P+](=O)C[C@@H](C(=O)N[C@@H](CC(C)C)C(=O)NC)C(C[N+]1(NC(=O)[C@@H]2CCCN2C(=O)OCc2ccccc2)C(=O)CCCC1=O)C(C)C. The van der Waals surface area contributed by atoms with Gasteiger partial charge in [-0.2, -0.15) is 5.43 Å². The molecule has 0 radical (unpaired) electrons. The zero-order valence-electron chi connectivity index (χ0n) is 30.1. The number of benzene rings is 1. The van der Waals surface area contributed by atoms with Crippen molar-refractivity contribution >= 4 is 43.7 Å². The fraction of sp³-hybridized carbons (Fsp3) is 0.657. The van der Waals surface area contributed by atoms with E-state index >= 15 is 0 Å². The molecule has 2 aliphatic heterocycles. The fourth-order valence-corrected chi connectivity index (χ4v) is 7.80. The predicted octanol–water partition coefficient (Wildman–Crippen LogP) is 3.82. The van der Waals surface area contributed by atoms with Crippen LogP contribution >= 0.6 is 8.03 Å². The first-order valence-corrected chi connectivity index (χ1v) is 18.9. The van der Waals surface area contributed by atoms with Crippen molar-refractivity contribution in [2.24, 2.45) is 23.7 Å². The van der Waals surface area contributed by atoms with Crippen LogP contribution in [0.15, 0.2) is 30.3 Å². The minimum atomic E-state index is -2.32. The van der Waals surface area contributed by atoms with Gasteiger partial charge in [0.15, 0.2) is 6.16 Å². The predicted molar refractivity (Wildman–Crippen MR) is 185 cm³/mol. The summed E-state index contributed by atoms with van der Waals surface area (Å²) in [6, 6.07) is 7.27. The minimum absolute atomic E-state index is 0.0154. The van der Waals surface area contributed by atoms with E-state index in [9.17, 15) is 33.3 Å². The number of imide groups is 1. The largest absolute Gasteiger partial charge is 0.508 e. The molecule has 3 rings (SSSR count). The maximum absolute atomic E-state index is 14.1. The number of likely N-dealkylation sites (tertiary alicyclic amines) is 2. The number of quaternary nitrogens is 1. The van der Waals surface area contributed by atoms with Gasteiger partial charge < -0.3 is 15.4 Å². The lowest BCUT2D eigenvalue weighted by atomic mass is 9.82. The average molecular weight is 720 g/mol. The summed E-state index contributed by atoms with van der Waals surface area (Å²) in [6.45, 7) is 9.29. The van der Waals surface area contributed by atoms with E-state index in [1.165, 1.54) is 11.9 Å². The number of piperidine rings is 1. The molecule has 15 heteroatoms. The topological polar surface area (TPSA) is 177 Å². The molecule has 0 spiro atoms. The first-order valence-electron chi connectivity index (χ1n) is 17.6. The Hall–Kier alpha value is -3.74. The number of nitrogens with zero attached hydrogens (tertiary/aromatic N) is 2. The summed E-state index contributed by atoms with van der Waals surface area (Å²) < 4.78 is 22.9. The lowest BCUT2D eigenvalue weighted by Gasteiger charge is -2.40. The Labute approximate surface area is 295 Å². The van der Waals surface area contributed by atoms with Crippen LogP contribution in [0.25, 0.3) is 0 Å². The zero-order valence-corrected chi connectivity index (χ0v) is 31.0. The molecule has 2 heterocycles. The van der Waals surface area contributed by atoms with E-state index in [4.69, 9.17) is 9.26 Å². The monoisotopic (exact) mass is 719 g/mol. The van der Waals surface area contributed by atoms with E-state index < -0.39 is 66.3 Å². The van der Waals surface area contributed by atoms with Gasteiger partial charge in [0.1, 0.15) is 25.2 Å². The second kappa shape index (κ2) is 19.0. The van der Waals surface area contributed by atoms with Crippen LogP contribution in [-0.4, -0.2) is 90.1 Å². The number of likely N-dealkylation sites (N-methyl/N-ethyl adjacent to an activating group) is 1. The number of carbonyl (C=O) groups excluding carboxylic acids is 6. The first-order chi connectivity index (χ1) is 23.7. The molecule has 50 heavy (non-hydrogen) atoms. The number of hydrogen-bond acceptors (Lipinski definition) is 9. The van der Waals surface area contributed by atoms with Gasteiger partial charge in [-0.05, 0) is 54.6 Å². The molecule has 14 nitrogen and oxygen atoms in total. The van der Waals surface area contributed by atoms with Crippen LogP contribution < -0.4 is 16.1 Å². The molecule has 0 bridgehead atoms. The van der Waals surface area contributed by atoms with Crippen LogP contribution in [0.4, 0.5) is 4.79 Å². The molecule has 1 aromatic rings.